The molecule has 23 heavy (non-hydrogen) atoms. The largest absolute Gasteiger partial charge is 0.389 e. The number of para-hydroxylation sites is 1. The van der Waals surface area contributed by atoms with Gasteiger partial charge in [-0.1, -0.05) is 18.2 Å². The van der Waals surface area contributed by atoms with Gasteiger partial charge in [0.1, 0.15) is 11.6 Å². The SMILES string of the molecule is CNC[C@@H](O)[C@H](c1cc(F)cc(F)c1)n1ccc2ccccc21. The number of likely N-dealkylation sites (N-methyl/N-ethyl adjacent to an activating group) is 1. The summed E-state index contributed by atoms with van der Waals surface area (Å²) in [5.41, 5.74) is 1.30. The smallest absolute Gasteiger partial charge is 0.126 e. The minimum Gasteiger partial charge on any atom is -0.389 e. The van der Waals surface area contributed by atoms with Crippen LogP contribution >= 0.6 is 0 Å². The highest BCUT2D eigenvalue weighted by atomic mass is 19.1. The summed E-state index contributed by atoms with van der Waals surface area (Å²) < 4.78 is 29.1. The zero-order valence-corrected chi connectivity index (χ0v) is 12.7. The van der Waals surface area contributed by atoms with Crippen molar-refractivity contribution in [3.05, 3.63) is 71.9 Å². The Hall–Kier alpha value is -2.24. The van der Waals surface area contributed by atoms with Crippen molar-refractivity contribution in [2.24, 2.45) is 0 Å². The van der Waals surface area contributed by atoms with Crippen LogP contribution in [-0.4, -0.2) is 29.4 Å². The Bertz CT molecular complexity index is 795. The number of nitrogens with zero attached hydrogens (tertiary/aromatic N) is 1. The van der Waals surface area contributed by atoms with Crippen molar-refractivity contribution in [2.75, 3.05) is 13.6 Å². The topological polar surface area (TPSA) is 37.2 Å². The highest BCUT2D eigenvalue weighted by molar-refractivity contribution is 5.80. The molecule has 0 amide bonds. The van der Waals surface area contributed by atoms with Gasteiger partial charge in [0, 0.05) is 24.3 Å². The van der Waals surface area contributed by atoms with Gasteiger partial charge in [-0.3, -0.25) is 0 Å². The van der Waals surface area contributed by atoms with Crippen molar-refractivity contribution in [3.63, 3.8) is 0 Å². The van der Waals surface area contributed by atoms with E-state index in [0.29, 0.717) is 12.1 Å². The maximum Gasteiger partial charge on any atom is 0.126 e. The molecule has 0 unspecified atom stereocenters. The van der Waals surface area contributed by atoms with Crippen LogP contribution in [0.1, 0.15) is 11.6 Å². The second-order valence-corrected chi connectivity index (χ2v) is 5.55. The average molecular weight is 316 g/mol. The van der Waals surface area contributed by atoms with Gasteiger partial charge in [0.25, 0.3) is 0 Å². The summed E-state index contributed by atoms with van der Waals surface area (Å²) >= 11 is 0. The van der Waals surface area contributed by atoms with Crippen LogP contribution < -0.4 is 5.32 Å². The number of aliphatic hydroxyl groups excluding tert-OH is 1. The van der Waals surface area contributed by atoms with E-state index in [1.807, 2.05) is 41.1 Å². The van der Waals surface area contributed by atoms with Gasteiger partial charge in [-0.25, -0.2) is 8.78 Å². The molecule has 0 radical (unpaired) electrons. The van der Waals surface area contributed by atoms with Crippen LogP contribution in [0, 0.1) is 11.6 Å². The fraction of sp³-hybridized carbons (Fsp3) is 0.222. The molecular weight excluding hydrogens is 298 g/mol. The van der Waals surface area contributed by atoms with Gasteiger partial charge in [0.15, 0.2) is 0 Å². The number of fused-ring (bicyclic) bond motifs is 1. The standard InChI is InChI=1S/C18H18F2N2O/c1-21-11-17(23)18(13-8-14(19)10-15(20)9-13)22-7-6-12-4-2-3-5-16(12)22/h2-10,17-18,21,23H,11H2,1H3/t17-,18+/m1/s1. The number of rotatable bonds is 5. The molecule has 2 aromatic carbocycles. The summed E-state index contributed by atoms with van der Waals surface area (Å²) in [7, 11) is 1.72. The van der Waals surface area contributed by atoms with Gasteiger partial charge in [-0.2, -0.15) is 0 Å². The van der Waals surface area contributed by atoms with E-state index in [1.165, 1.54) is 12.1 Å². The summed E-state index contributed by atoms with van der Waals surface area (Å²) in [4.78, 5) is 0. The third kappa shape index (κ3) is 3.11. The molecular formula is C18H18F2N2O. The fourth-order valence-corrected chi connectivity index (χ4v) is 2.98. The van der Waals surface area contributed by atoms with Crippen molar-refractivity contribution in [3.8, 4) is 0 Å². The molecule has 0 saturated heterocycles. The van der Waals surface area contributed by atoms with Gasteiger partial charge in [0.05, 0.1) is 12.1 Å². The first kappa shape index (κ1) is 15.6. The maximum atomic E-state index is 13.6. The first-order valence-corrected chi connectivity index (χ1v) is 7.44. The van der Waals surface area contributed by atoms with Crippen LogP contribution in [0.5, 0.6) is 0 Å². The van der Waals surface area contributed by atoms with E-state index >= 15 is 0 Å². The van der Waals surface area contributed by atoms with Crippen molar-refractivity contribution >= 4 is 10.9 Å². The van der Waals surface area contributed by atoms with Crippen LogP contribution in [0.3, 0.4) is 0 Å². The monoisotopic (exact) mass is 316 g/mol. The molecule has 5 heteroatoms. The molecule has 1 aromatic heterocycles. The number of hydrogen-bond acceptors (Lipinski definition) is 2. The number of halogens is 2. The number of benzene rings is 2. The Labute approximate surface area is 133 Å². The normalized spacial score (nSPS) is 14.1. The molecule has 2 atom stereocenters. The quantitative estimate of drug-likeness (QED) is 0.759. The summed E-state index contributed by atoms with van der Waals surface area (Å²) in [5, 5.41) is 14.5. The van der Waals surface area contributed by atoms with Gasteiger partial charge in [-0.05, 0) is 42.3 Å². The van der Waals surface area contributed by atoms with E-state index < -0.39 is 23.8 Å². The Morgan fingerprint density at radius 1 is 1.09 bits per heavy atom. The van der Waals surface area contributed by atoms with Gasteiger partial charge in [0.2, 0.25) is 0 Å². The van der Waals surface area contributed by atoms with Gasteiger partial charge < -0.3 is 15.0 Å². The number of hydrogen-bond donors (Lipinski definition) is 2. The Morgan fingerprint density at radius 3 is 2.48 bits per heavy atom. The Kier molecular flexibility index (Phi) is 4.41. The molecule has 0 bridgehead atoms. The second-order valence-electron chi connectivity index (χ2n) is 5.55. The van der Waals surface area contributed by atoms with Crippen molar-refractivity contribution in [1.29, 1.82) is 0 Å². The molecule has 0 spiro atoms. The number of nitrogens with one attached hydrogen (secondary N) is 1. The van der Waals surface area contributed by atoms with E-state index in [9.17, 15) is 13.9 Å². The molecule has 1 heterocycles. The molecule has 3 nitrogen and oxygen atoms in total. The molecule has 3 aromatic rings. The van der Waals surface area contributed by atoms with Crippen molar-refractivity contribution in [1.82, 2.24) is 9.88 Å². The average Bonchev–Trinajstić information content (AvgIpc) is 2.91. The first-order chi connectivity index (χ1) is 11.1. The molecule has 120 valence electrons. The van der Waals surface area contributed by atoms with Gasteiger partial charge in [-0.15, -0.1) is 0 Å². The van der Waals surface area contributed by atoms with Gasteiger partial charge >= 0.3 is 0 Å². The third-order valence-corrected chi connectivity index (χ3v) is 3.93. The molecule has 0 saturated carbocycles. The molecule has 3 rings (SSSR count). The molecule has 0 aliphatic rings. The van der Waals surface area contributed by atoms with E-state index in [-0.39, 0.29) is 0 Å². The summed E-state index contributed by atoms with van der Waals surface area (Å²) in [5.74, 6) is -1.31. The third-order valence-electron chi connectivity index (χ3n) is 3.93. The Balaban J connectivity index is 2.15. The van der Waals surface area contributed by atoms with Crippen LogP contribution in [0.2, 0.25) is 0 Å². The summed E-state index contributed by atoms with van der Waals surface area (Å²) in [6.07, 6.45) is 0.994. The number of aromatic nitrogens is 1. The highest BCUT2D eigenvalue weighted by Crippen LogP contribution is 2.29. The van der Waals surface area contributed by atoms with E-state index in [0.717, 1.165) is 17.0 Å². The maximum absolute atomic E-state index is 13.6. The van der Waals surface area contributed by atoms with Crippen LogP contribution in [0.15, 0.2) is 54.7 Å². The van der Waals surface area contributed by atoms with Crippen molar-refractivity contribution < 1.29 is 13.9 Å². The lowest BCUT2D eigenvalue weighted by atomic mass is 10.00. The van der Waals surface area contributed by atoms with E-state index in [2.05, 4.69) is 5.32 Å². The van der Waals surface area contributed by atoms with Crippen LogP contribution in [0.25, 0.3) is 10.9 Å². The Morgan fingerprint density at radius 2 is 1.78 bits per heavy atom. The fourth-order valence-electron chi connectivity index (χ4n) is 2.98. The lowest BCUT2D eigenvalue weighted by molar-refractivity contribution is 0.132. The highest BCUT2D eigenvalue weighted by Gasteiger charge is 2.24. The second kappa shape index (κ2) is 6.48. The van der Waals surface area contributed by atoms with E-state index in [1.54, 1.807) is 7.05 Å². The minimum atomic E-state index is -0.836. The molecule has 0 aliphatic heterocycles. The molecule has 0 fully saturated rings. The van der Waals surface area contributed by atoms with Crippen LogP contribution in [0.4, 0.5) is 8.78 Å². The predicted octanol–water partition coefficient (Wildman–Crippen LogP) is 3.09. The molecule has 0 aliphatic carbocycles. The predicted molar refractivity (Wildman–Crippen MR) is 86.4 cm³/mol. The first-order valence-electron chi connectivity index (χ1n) is 7.44. The van der Waals surface area contributed by atoms with Crippen molar-refractivity contribution in [2.45, 2.75) is 12.1 Å². The number of aliphatic hydroxyl groups is 1. The minimum absolute atomic E-state index is 0.301. The summed E-state index contributed by atoms with van der Waals surface area (Å²) in [6, 6.07) is 12.4. The van der Waals surface area contributed by atoms with E-state index in [4.69, 9.17) is 0 Å². The molecule has 2 N–H and O–H groups in total. The lowest BCUT2D eigenvalue weighted by Gasteiger charge is -2.26. The zero-order chi connectivity index (χ0) is 16.4. The van der Waals surface area contributed by atoms with Crippen LogP contribution in [-0.2, 0) is 0 Å². The zero-order valence-electron chi connectivity index (χ0n) is 12.7. The lowest BCUT2D eigenvalue weighted by Crippen LogP contribution is -2.33. The summed E-state index contributed by atoms with van der Waals surface area (Å²) in [6.45, 7) is 0.301.